The molecular weight excluding hydrogens is 222 g/mol. The number of rotatable bonds is 3. The molecule has 0 saturated carbocycles. The average Bonchev–Trinajstić information content (AvgIpc) is 2.24. The largest absolute Gasteiger partial charge is 0.378 e. The van der Waals surface area contributed by atoms with E-state index < -0.39 is 0 Å². The highest BCUT2D eigenvalue weighted by Crippen LogP contribution is 2.23. The van der Waals surface area contributed by atoms with E-state index in [4.69, 9.17) is 0 Å². The third kappa shape index (κ3) is 4.17. The smallest absolute Gasteiger partial charge is 0.157 e. The van der Waals surface area contributed by atoms with E-state index in [0.717, 1.165) is 5.69 Å². The number of benzene rings is 1. The van der Waals surface area contributed by atoms with Gasteiger partial charge in [-0.2, -0.15) is 0 Å². The Bertz CT molecular complexity index is 404. The van der Waals surface area contributed by atoms with Crippen LogP contribution in [0.1, 0.15) is 47.1 Å². The van der Waals surface area contributed by atoms with Crippen molar-refractivity contribution in [1.82, 2.24) is 0 Å². The van der Waals surface area contributed by atoms with Crippen molar-refractivity contribution in [3.63, 3.8) is 0 Å². The van der Waals surface area contributed by atoms with Crippen LogP contribution >= 0.6 is 0 Å². The van der Waals surface area contributed by atoms with Crippen LogP contribution in [0.4, 0.5) is 5.69 Å². The maximum absolute atomic E-state index is 11.8. The number of nitrogens with one attached hydrogen (secondary N) is 1. The molecule has 1 N–H and O–H groups in total. The van der Waals surface area contributed by atoms with E-state index in [1.807, 2.05) is 32.9 Å². The zero-order valence-electron chi connectivity index (χ0n) is 12.4. The molecule has 0 atom stereocenters. The quantitative estimate of drug-likeness (QED) is 0.874. The topological polar surface area (TPSA) is 29.1 Å². The van der Waals surface area contributed by atoms with E-state index in [1.165, 1.54) is 5.56 Å². The Morgan fingerprint density at radius 2 is 1.50 bits per heavy atom. The van der Waals surface area contributed by atoms with Gasteiger partial charge in [-0.15, -0.1) is 0 Å². The first-order valence-electron chi connectivity index (χ1n) is 6.48. The van der Waals surface area contributed by atoms with Crippen molar-refractivity contribution in [2.45, 2.75) is 47.0 Å². The SMILES string of the molecule is CC(C)(C)C(=O)CNc1ccc(C(C)(C)C)cc1. The maximum atomic E-state index is 11.8. The molecule has 1 rings (SSSR count). The van der Waals surface area contributed by atoms with Gasteiger partial charge in [0.15, 0.2) is 5.78 Å². The van der Waals surface area contributed by atoms with Crippen molar-refractivity contribution >= 4 is 11.5 Å². The normalized spacial score (nSPS) is 12.3. The van der Waals surface area contributed by atoms with Gasteiger partial charge >= 0.3 is 0 Å². The molecule has 0 fully saturated rings. The van der Waals surface area contributed by atoms with Crippen LogP contribution < -0.4 is 5.32 Å². The standard InChI is InChI=1S/C16H25NO/c1-15(2,3)12-7-9-13(10-8-12)17-11-14(18)16(4,5)6/h7-10,17H,11H2,1-6H3. The lowest BCUT2D eigenvalue weighted by Gasteiger charge is -2.20. The van der Waals surface area contributed by atoms with Crippen LogP contribution in [-0.4, -0.2) is 12.3 Å². The average molecular weight is 247 g/mol. The van der Waals surface area contributed by atoms with Crippen molar-refractivity contribution in [2.24, 2.45) is 5.41 Å². The maximum Gasteiger partial charge on any atom is 0.157 e. The second kappa shape index (κ2) is 5.13. The summed E-state index contributed by atoms with van der Waals surface area (Å²) in [5.74, 6) is 0.224. The van der Waals surface area contributed by atoms with Gasteiger partial charge in [-0.25, -0.2) is 0 Å². The molecular formula is C16H25NO. The molecule has 0 radical (unpaired) electrons. The first-order valence-corrected chi connectivity index (χ1v) is 6.48. The predicted molar refractivity (Wildman–Crippen MR) is 78.1 cm³/mol. The van der Waals surface area contributed by atoms with Crippen LogP contribution in [0.3, 0.4) is 0 Å². The fourth-order valence-electron chi connectivity index (χ4n) is 1.54. The van der Waals surface area contributed by atoms with Crippen LogP contribution in [0.15, 0.2) is 24.3 Å². The summed E-state index contributed by atoms with van der Waals surface area (Å²) in [5, 5.41) is 3.18. The zero-order valence-corrected chi connectivity index (χ0v) is 12.4. The van der Waals surface area contributed by atoms with Crippen LogP contribution in [-0.2, 0) is 10.2 Å². The Morgan fingerprint density at radius 1 is 1.00 bits per heavy atom. The van der Waals surface area contributed by atoms with E-state index in [9.17, 15) is 4.79 Å². The number of carbonyl (C=O) groups excluding carboxylic acids is 1. The van der Waals surface area contributed by atoms with Crippen molar-refractivity contribution in [3.8, 4) is 0 Å². The number of ketones is 1. The molecule has 0 aromatic heterocycles. The Kier molecular flexibility index (Phi) is 4.20. The Hall–Kier alpha value is -1.31. The summed E-state index contributed by atoms with van der Waals surface area (Å²) in [6, 6.07) is 8.31. The summed E-state index contributed by atoms with van der Waals surface area (Å²) < 4.78 is 0. The summed E-state index contributed by atoms with van der Waals surface area (Å²) >= 11 is 0. The van der Waals surface area contributed by atoms with Crippen molar-refractivity contribution in [1.29, 1.82) is 0 Å². The van der Waals surface area contributed by atoms with Gasteiger partial charge in [0.1, 0.15) is 0 Å². The van der Waals surface area contributed by atoms with Crippen LogP contribution in [0, 0.1) is 5.41 Å². The minimum Gasteiger partial charge on any atom is -0.378 e. The molecule has 0 aliphatic rings. The summed E-state index contributed by atoms with van der Waals surface area (Å²) in [5.41, 5.74) is 2.19. The molecule has 0 amide bonds. The number of hydrogen-bond donors (Lipinski definition) is 1. The molecule has 0 bridgehead atoms. The summed E-state index contributed by atoms with van der Waals surface area (Å²) in [7, 11) is 0. The number of hydrogen-bond acceptors (Lipinski definition) is 2. The summed E-state index contributed by atoms with van der Waals surface area (Å²) in [4.78, 5) is 11.8. The van der Waals surface area contributed by atoms with Crippen molar-refractivity contribution in [2.75, 3.05) is 11.9 Å². The molecule has 1 aromatic carbocycles. The molecule has 100 valence electrons. The molecule has 0 saturated heterocycles. The van der Waals surface area contributed by atoms with Gasteiger partial charge in [0.05, 0.1) is 6.54 Å². The molecule has 0 spiro atoms. The molecule has 18 heavy (non-hydrogen) atoms. The van der Waals surface area contributed by atoms with E-state index in [0.29, 0.717) is 6.54 Å². The Morgan fingerprint density at radius 3 is 1.89 bits per heavy atom. The molecule has 0 unspecified atom stereocenters. The lowest BCUT2D eigenvalue weighted by atomic mass is 9.87. The van der Waals surface area contributed by atoms with Crippen molar-refractivity contribution < 1.29 is 4.79 Å². The molecule has 1 aromatic rings. The highest BCUT2D eigenvalue weighted by Gasteiger charge is 2.20. The minimum absolute atomic E-state index is 0.166. The Balaban J connectivity index is 2.63. The van der Waals surface area contributed by atoms with E-state index in [1.54, 1.807) is 0 Å². The van der Waals surface area contributed by atoms with Crippen LogP contribution in [0.25, 0.3) is 0 Å². The summed E-state index contributed by atoms with van der Waals surface area (Å²) in [6.45, 7) is 12.8. The minimum atomic E-state index is -0.279. The van der Waals surface area contributed by atoms with Crippen LogP contribution in [0.2, 0.25) is 0 Å². The molecule has 0 heterocycles. The fourth-order valence-corrected chi connectivity index (χ4v) is 1.54. The van der Waals surface area contributed by atoms with Gasteiger partial charge < -0.3 is 5.32 Å². The molecule has 0 aliphatic heterocycles. The third-order valence-corrected chi connectivity index (χ3v) is 3.04. The van der Waals surface area contributed by atoms with Crippen molar-refractivity contribution in [3.05, 3.63) is 29.8 Å². The fraction of sp³-hybridized carbons (Fsp3) is 0.562. The second-order valence-corrected chi connectivity index (χ2v) is 6.85. The first kappa shape index (κ1) is 14.7. The van der Waals surface area contributed by atoms with E-state index >= 15 is 0 Å². The van der Waals surface area contributed by atoms with Gasteiger partial charge in [-0.05, 0) is 23.1 Å². The van der Waals surface area contributed by atoms with E-state index in [2.05, 4.69) is 38.2 Å². The number of carbonyl (C=O) groups is 1. The monoisotopic (exact) mass is 247 g/mol. The van der Waals surface area contributed by atoms with Gasteiger partial charge in [-0.3, -0.25) is 4.79 Å². The van der Waals surface area contributed by atoms with Gasteiger partial charge in [-0.1, -0.05) is 53.7 Å². The number of Topliss-reactive ketones (excluding diaryl/α,β-unsaturated/α-hetero) is 1. The number of anilines is 1. The van der Waals surface area contributed by atoms with Gasteiger partial charge in [0, 0.05) is 11.1 Å². The lowest BCUT2D eigenvalue weighted by molar-refractivity contribution is -0.124. The third-order valence-electron chi connectivity index (χ3n) is 3.04. The molecule has 2 nitrogen and oxygen atoms in total. The Labute approximate surface area is 111 Å². The predicted octanol–water partition coefficient (Wildman–Crippen LogP) is 4.01. The van der Waals surface area contributed by atoms with Gasteiger partial charge in [0.2, 0.25) is 0 Å². The molecule has 2 heteroatoms. The zero-order chi connectivity index (χ0) is 14.0. The molecule has 0 aliphatic carbocycles. The van der Waals surface area contributed by atoms with E-state index in [-0.39, 0.29) is 16.6 Å². The van der Waals surface area contributed by atoms with Crippen LogP contribution in [0.5, 0.6) is 0 Å². The second-order valence-electron chi connectivity index (χ2n) is 6.85. The van der Waals surface area contributed by atoms with Gasteiger partial charge in [0.25, 0.3) is 0 Å². The highest BCUT2D eigenvalue weighted by molar-refractivity contribution is 5.87. The first-order chi connectivity index (χ1) is 8.10. The lowest BCUT2D eigenvalue weighted by Crippen LogP contribution is -2.27. The highest BCUT2D eigenvalue weighted by atomic mass is 16.1. The summed E-state index contributed by atoms with van der Waals surface area (Å²) in [6.07, 6.45) is 0.